The van der Waals surface area contributed by atoms with Crippen molar-refractivity contribution in [1.29, 1.82) is 0 Å². The molecule has 1 amide bonds. The van der Waals surface area contributed by atoms with Crippen LogP contribution in [0.2, 0.25) is 0 Å². The smallest absolute Gasteiger partial charge is 0.235 e. The summed E-state index contributed by atoms with van der Waals surface area (Å²) in [4.78, 5) is 10.9. The van der Waals surface area contributed by atoms with Gasteiger partial charge in [-0.25, -0.2) is 0 Å². The Balaban J connectivity index is 2.79. The number of rotatable bonds is 2. The lowest BCUT2D eigenvalue weighted by Gasteiger charge is -2.04. The van der Waals surface area contributed by atoms with E-state index < -0.39 is 0 Å². The maximum absolute atomic E-state index is 10.9. The molecular weight excluding hydrogens is 234 g/mol. The van der Waals surface area contributed by atoms with Crippen molar-refractivity contribution in [3.05, 3.63) is 23.8 Å². The first kappa shape index (κ1) is 10.1. The van der Waals surface area contributed by atoms with Gasteiger partial charge in [-0.1, -0.05) is 22.0 Å². The highest BCUT2D eigenvalue weighted by molar-refractivity contribution is 9.09. The van der Waals surface area contributed by atoms with Gasteiger partial charge in [0.25, 0.3) is 0 Å². The highest BCUT2D eigenvalue weighted by Gasteiger charge is 2.01. The fraction of sp³-hybridized carbons (Fsp3) is 0.222. The molecule has 1 aromatic rings. The number of hydrogen-bond acceptors (Lipinski definition) is 2. The number of aromatic hydroxyl groups is 1. The summed E-state index contributed by atoms with van der Waals surface area (Å²) in [6, 6.07) is 5.02. The molecule has 0 aliphatic carbocycles. The van der Waals surface area contributed by atoms with Gasteiger partial charge >= 0.3 is 0 Å². The number of nitrogens with one attached hydrogen (secondary N) is 1. The summed E-state index contributed by atoms with van der Waals surface area (Å²) in [5.41, 5.74) is 1.39. The Labute approximate surface area is 84.9 Å². The first-order valence-electron chi connectivity index (χ1n) is 3.79. The molecule has 3 nitrogen and oxygen atoms in total. The van der Waals surface area contributed by atoms with Crippen molar-refractivity contribution in [3.63, 3.8) is 0 Å². The highest BCUT2D eigenvalue weighted by atomic mass is 79.9. The number of benzene rings is 1. The Morgan fingerprint density at radius 1 is 1.62 bits per heavy atom. The molecule has 0 heterocycles. The minimum absolute atomic E-state index is 0.136. The summed E-state index contributed by atoms with van der Waals surface area (Å²) in [6.07, 6.45) is 0. The van der Waals surface area contributed by atoms with Crippen LogP contribution in [0.5, 0.6) is 5.75 Å². The third kappa shape index (κ3) is 2.73. The standard InChI is InChI=1S/C9H10BrNO2/c1-6-2-3-7(4-8(6)12)11-9(13)5-10/h2-4,12H,5H2,1H3,(H,11,13). The van der Waals surface area contributed by atoms with Crippen LogP contribution in [-0.4, -0.2) is 16.3 Å². The Bertz CT molecular complexity index is 325. The third-order valence-electron chi connectivity index (χ3n) is 1.61. The van der Waals surface area contributed by atoms with E-state index in [2.05, 4.69) is 21.2 Å². The third-order valence-corrected chi connectivity index (χ3v) is 2.12. The Kier molecular flexibility index (Phi) is 3.31. The van der Waals surface area contributed by atoms with Crippen molar-refractivity contribution in [2.45, 2.75) is 6.92 Å². The lowest BCUT2D eigenvalue weighted by atomic mass is 10.2. The molecule has 0 fully saturated rings. The van der Waals surface area contributed by atoms with Crippen molar-refractivity contribution >= 4 is 27.5 Å². The van der Waals surface area contributed by atoms with E-state index in [9.17, 15) is 9.90 Å². The summed E-state index contributed by atoms with van der Waals surface area (Å²) in [5.74, 6) is 0.0515. The first-order valence-corrected chi connectivity index (χ1v) is 4.91. The zero-order valence-electron chi connectivity index (χ0n) is 7.17. The van der Waals surface area contributed by atoms with Crippen LogP contribution in [0.25, 0.3) is 0 Å². The molecule has 0 atom stereocenters. The van der Waals surface area contributed by atoms with Crippen LogP contribution in [0.4, 0.5) is 5.69 Å². The fourth-order valence-electron chi connectivity index (χ4n) is 0.882. The van der Waals surface area contributed by atoms with Gasteiger partial charge in [-0.2, -0.15) is 0 Å². The molecule has 0 aromatic heterocycles. The quantitative estimate of drug-likeness (QED) is 0.782. The number of hydrogen-bond donors (Lipinski definition) is 2. The zero-order chi connectivity index (χ0) is 9.84. The largest absolute Gasteiger partial charge is 0.508 e. The SMILES string of the molecule is Cc1ccc(NC(=O)CBr)cc1O. The van der Waals surface area contributed by atoms with Crippen LogP contribution in [0.1, 0.15) is 5.56 Å². The number of carbonyl (C=O) groups is 1. The van der Waals surface area contributed by atoms with Crippen molar-refractivity contribution in [2.24, 2.45) is 0 Å². The number of anilines is 1. The second-order valence-electron chi connectivity index (χ2n) is 2.68. The molecule has 2 N–H and O–H groups in total. The lowest BCUT2D eigenvalue weighted by Crippen LogP contribution is -2.11. The van der Waals surface area contributed by atoms with Crippen molar-refractivity contribution in [3.8, 4) is 5.75 Å². The summed E-state index contributed by atoms with van der Waals surface area (Å²) in [5, 5.41) is 12.2. The first-order chi connectivity index (χ1) is 6.13. The van der Waals surface area contributed by atoms with E-state index in [-0.39, 0.29) is 17.0 Å². The summed E-state index contributed by atoms with van der Waals surface area (Å²) >= 11 is 3.03. The molecule has 0 saturated carbocycles. The van der Waals surface area contributed by atoms with Gasteiger partial charge in [-0.3, -0.25) is 4.79 Å². The van der Waals surface area contributed by atoms with Crippen LogP contribution < -0.4 is 5.32 Å². The number of phenolic OH excluding ortho intramolecular Hbond substituents is 1. The van der Waals surface area contributed by atoms with Crippen molar-refractivity contribution < 1.29 is 9.90 Å². The van der Waals surface area contributed by atoms with Crippen LogP contribution >= 0.6 is 15.9 Å². The number of aryl methyl sites for hydroxylation is 1. The molecule has 0 aliphatic rings. The maximum atomic E-state index is 10.9. The zero-order valence-corrected chi connectivity index (χ0v) is 8.76. The summed E-state index contributed by atoms with van der Waals surface area (Å²) in [6.45, 7) is 1.80. The second-order valence-corrected chi connectivity index (χ2v) is 3.24. The molecule has 1 aromatic carbocycles. The van der Waals surface area contributed by atoms with E-state index in [1.807, 2.05) is 0 Å². The van der Waals surface area contributed by atoms with Crippen LogP contribution in [0.15, 0.2) is 18.2 Å². The molecular formula is C9H10BrNO2. The predicted octanol–water partition coefficient (Wildman–Crippen LogP) is 2.03. The average molecular weight is 244 g/mol. The van der Waals surface area contributed by atoms with Gasteiger partial charge in [-0.05, 0) is 18.6 Å². The monoisotopic (exact) mass is 243 g/mol. The molecule has 0 spiro atoms. The maximum Gasteiger partial charge on any atom is 0.235 e. The van der Waals surface area contributed by atoms with Gasteiger partial charge in [0.2, 0.25) is 5.91 Å². The Morgan fingerprint density at radius 3 is 2.85 bits per heavy atom. The molecule has 0 aliphatic heterocycles. The molecule has 0 radical (unpaired) electrons. The van der Waals surface area contributed by atoms with Crippen molar-refractivity contribution in [1.82, 2.24) is 0 Å². The van der Waals surface area contributed by atoms with Gasteiger partial charge in [0.15, 0.2) is 0 Å². The predicted molar refractivity (Wildman–Crippen MR) is 55.3 cm³/mol. The van der Waals surface area contributed by atoms with E-state index in [1.165, 1.54) is 6.07 Å². The number of halogens is 1. The molecule has 70 valence electrons. The number of phenols is 1. The highest BCUT2D eigenvalue weighted by Crippen LogP contribution is 2.20. The molecule has 0 saturated heterocycles. The fourth-order valence-corrected chi connectivity index (χ4v) is 1.02. The van der Waals surface area contributed by atoms with Gasteiger partial charge in [0.1, 0.15) is 5.75 Å². The average Bonchev–Trinajstić information content (AvgIpc) is 2.11. The van der Waals surface area contributed by atoms with Crippen LogP contribution in [0, 0.1) is 6.92 Å². The second kappa shape index (κ2) is 4.28. The summed E-state index contributed by atoms with van der Waals surface area (Å²) < 4.78 is 0. The van der Waals surface area contributed by atoms with E-state index in [1.54, 1.807) is 19.1 Å². The minimum Gasteiger partial charge on any atom is -0.508 e. The summed E-state index contributed by atoms with van der Waals surface area (Å²) in [7, 11) is 0. The number of carbonyl (C=O) groups excluding carboxylic acids is 1. The van der Waals surface area contributed by atoms with Crippen LogP contribution in [0.3, 0.4) is 0 Å². The number of alkyl halides is 1. The lowest BCUT2D eigenvalue weighted by molar-refractivity contribution is -0.113. The van der Waals surface area contributed by atoms with E-state index in [4.69, 9.17) is 0 Å². The van der Waals surface area contributed by atoms with Crippen LogP contribution in [-0.2, 0) is 4.79 Å². The van der Waals surface area contributed by atoms with E-state index in [0.29, 0.717) is 5.69 Å². The molecule has 4 heteroatoms. The van der Waals surface area contributed by atoms with E-state index >= 15 is 0 Å². The van der Waals surface area contributed by atoms with E-state index in [0.717, 1.165) is 5.56 Å². The van der Waals surface area contributed by atoms with Gasteiger partial charge < -0.3 is 10.4 Å². The molecule has 0 bridgehead atoms. The Morgan fingerprint density at radius 2 is 2.31 bits per heavy atom. The van der Waals surface area contributed by atoms with Gasteiger partial charge in [0, 0.05) is 11.8 Å². The molecule has 0 unspecified atom stereocenters. The molecule has 1 rings (SSSR count). The van der Waals surface area contributed by atoms with Crippen molar-refractivity contribution in [2.75, 3.05) is 10.6 Å². The minimum atomic E-state index is -0.136. The normalized spacial score (nSPS) is 9.69. The van der Waals surface area contributed by atoms with Gasteiger partial charge in [-0.15, -0.1) is 0 Å². The topological polar surface area (TPSA) is 49.3 Å². The number of amides is 1. The van der Waals surface area contributed by atoms with Gasteiger partial charge in [0.05, 0.1) is 5.33 Å². The molecule has 13 heavy (non-hydrogen) atoms. The Hall–Kier alpha value is -1.03.